The highest BCUT2D eigenvalue weighted by Gasteiger charge is 2.44. The lowest BCUT2D eigenvalue weighted by Crippen LogP contribution is -2.34. The van der Waals surface area contributed by atoms with Crippen molar-refractivity contribution in [2.24, 2.45) is 0 Å². The van der Waals surface area contributed by atoms with E-state index in [2.05, 4.69) is 48.9 Å². The van der Waals surface area contributed by atoms with Gasteiger partial charge in [0.2, 0.25) is 5.91 Å². The van der Waals surface area contributed by atoms with Gasteiger partial charge in [0.1, 0.15) is 0 Å². The molecule has 0 aliphatic carbocycles. The molecule has 10 heteroatoms. The van der Waals surface area contributed by atoms with Gasteiger partial charge in [-0.3, -0.25) is 19.4 Å². The second-order valence-electron chi connectivity index (χ2n) is 13.4. The zero-order chi connectivity index (χ0) is 34.9. The SMILES string of the molecule is CC[C@@H]1c2cc3[nH]c(cc4nc(cc5[nH]c(cc(n2)[C@@]1(C)CC(=O)N(C)C)cc5C)C(C)=C4CCC(=O)OC)c(CCC(=O)OC)c3C. The number of aryl methyl sites for hydroxylation is 3. The largest absolute Gasteiger partial charge is 0.469 e. The number of rotatable bonds is 9. The fourth-order valence-corrected chi connectivity index (χ4v) is 7.05. The van der Waals surface area contributed by atoms with Gasteiger partial charge in [0, 0.05) is 78.1 Å². The number of methoxy groups -OCH3 is 2. The van der Waals surface area contributed by atoms with E-state index in [1.165, 1.54) is 14.2 Å². The first-order valence-corrected chi connectivity index (χ1v) is 16.6. The summed E-state index contributed by atoms with van der Waals surface area (Å²) in [6.07, 6.45) is 2.52. The maximum absolute atomic E-state index is 13.2. The Labute approximate surface area is 282 Å². The standard InChI is InChI=1S/C38H47N5O5/c1-10-27-33-18-30-23(4)26(12-14-37(46)48-9)32(41-30)19-31-25(11-13-36(45)47-8)22(3)29(40-31)17-28-21(2)15-24(39-28)16-34(42-33)38(27,5)20-35(44)43(6)7/h15-19,27,39,41H,10-14,20H2,1-9H3/t27-,38+/m1/s1. The molecule has 2 atom stereocenters. The zero-order valence-electron chi connectivity index (χ0n) is 29.6. The quantitative estimate of drug-likeness (QED) is 0.242. The number of hydrogen-bond donors (Lipinski definition) is 2. The molecule has 3 aromatic rings. The maximum atomic E-state index is 13.2. The van der Waals surface area contributed by atoms with Crippen LogP contribution >= 0.6 is 0 Å². The van der Waals surface area contributed by atoms with Crippen molar-refractivity contribution in [2.75, 3.05) is 28.3 Å². The Kier molecular flexibility index (Phi) is 9.94. The van der Waals surface area contributed by atoms with Crippen LogP contribution < -0.4 is 0 Å². The molecule has 2 N–H and O–H groups in total. The predicted molar refractivity (Wildman–Crippen MR) is 188 cm³/mol. The summed E-state index contributed by atoms with van der Waals surface area (Å²) in [5.74, 6) is -0.526. The first kappa shape index (κ1) is 34.6. The van der Waals surface area contributed by atoms with Crippen LogP contribution in [0.3, 0.4) is 0 Å². The Bertz CT molecular complexity index is 1970. The van der Waals surface area contributed by atoms with Gasteiger partial charge in [0.25, 0.3) is 0 Å². The lowest BCUT2D eigenvalue weighted by Gasteiger charge is -2.31. The third-order valence-corrected chi connectivity index (χ3v) is 10.1. The smallest absolute Gasteiger partial charge is 0.305 e. The Morgan fingerprint density at radius 3 is 2.17 bits per heavy atom. The highest BCUT2D eigenvalue weighted by molar-refractivity contribution is 5.94. The topological polar surface area (TPSA) is 130 Å². The zero-order valence-corrected chi connectivity index (χ0v) is 29.6. The van der Waals surface area contributed by atoms with Crippen molar-refractivity contribution in [3.63, 3.8) is 0 Å². The minimum atomic E-state index is -0.533. The van der Waals surface area contributed by atoms with E-state index in [9.17, 15) is 14.4 Å². The molecule has 10 nitrogen and oxygen atoms in total. The number of aromatic nitrogens is 4. The van der Waals surface area contributed by atoms with Gasteiger partial charge in [-0.25, -0.2) is 4.98 Å². The fraction of sp³-hybridized carbons (Fsp3) is 0.447. The van der Waals surface area contributed by atoms with Crippen molar-refractivity contribution in [3.05, 3.63) is 69.8 Å². The third kappa shape index (κ3) is 6.66. The average molecular weight is 654 g/mol. The number of esters is 2. The maximum Gasteiger partial charge on any atom is 0.305 e. The van der Waals surface area contributed by atoms with Crippen LogP contribution in [0.15, 0.2) is 30.3 Å². The van der Waals surface area contributed by atoms with Gasteiger partial charge in [-0.1, -0.05) is 13.8 Å². The Morgan fingerprint density at radius 1 is 0.854 bits per heavy atom. The summed E-state index contributed by atoms with van der Waals surface area (Å²) in [6.45, 7) is 10.4. The van der Waals surface area contributed by atoms with Gasteiger partial charge in [-0.2, -0.15) is 0 Å². The number of nitrogens with one attached hydrogen (secondary N) is 2. The van der Waals surface area contributed by atoms with Crippen molar-refractivity contribution >= 4 is 51.1 Å². The minimum absolute atomic E-state index is 0.00877. The number of amides is 1. The van der Waals surface area contributed by atoms with Gasteiger partial charge in [-0.15, -0.1) is 0 Å². The molecule has 1 amide bonds. The van der Waals surface area contributed by atoms with Gasteiger partial charge in [0.05, 0.1) is 25.6 Å². The second kappa shape index (κ2) is 13.8. The molecule has 0 aromatic carbocycles. The summed E-state index contributed by atoms with van der Waals surface area (Å²) in [5.41, 5.74) is 11.3. The number of allylic oxidation sites excluding steroid dienone is 2. The summed E-state index contributed by atoms with van der Waals surface area (Å²) in [4.78, 5) is 56.9. The molecule has 0 spiro atoms. The molecule has 8 bridgehead atoms. The molecule has 0 saturated heterocycles. The van der Waals surface area contributed by atoms with Crippen molar-refractivity contribution in [3.8, 4) is 0 Å². The van der Waals surface area contributed by atoms with Crippen LogP contribution in [-0.4, -0.2) is 71.0 Å². The normalized spacial score (nSPS) is 17.4. The van der Waals surface area contributed by atoms with E-state index in [1.54, 1.807) is 19.0 Å². The van der Waals surface area contributed by atoms with Crippen LogP contribution in [0.1, 0.15) is 98.3 Å². The molecule has 2 aliphatic heterocycles. The summed E-state index contributed by atoms with van der Waals surface area (Å²) in [5, 5.41) is 0. The Balaban J connectivity index is 1.86. The predicted octanol–water partition coefficient (Wildman–Crippen LogP) is 6.85. The highest BCUT2D eigenvalue weighted by atomic mass is 16.5. The second-order valence-corrected chi connectivity index (χ2v) is 13.4. The lowest BCUT2D eigenvalue weighted by molar-refractivity contribution is -0.141. The van der Waals surface area contributed by atoms with Crippen LogP contribution in [0.4, 0.5) is 0 Å². The summed E-state index contributed by atoms with van der Waals surface area (Å²) >= 11 is 0. The number of nitrogens with zero attached hydrogens (tertiary/aromatic N) is 3. The van der Waals surface area contributed by atoms with Crippen molar-refractivity contribution < 1.29 is 23.9 Å². The number of hydrogen-bond acceptors (Lipinski definition) is 7. The van der Waals surface area contributed by atoms with E-state index in [0.717, 1.165) is 79.1 Å². The van der Waals surface area contributed by atoms with E-state index in [1.807, 2.05) is 26.0 Å². The molecule has 5 heterocycles. The number of fused-ring (bicyclic) bond motifs is 8. The lowest BCUT2D eigenvalue weighted by atomic mass is 9.71. The van der Waals surface area contributed by atoms with Crippen LogP contribution in [0, 0.1) is 13.8 Å². The Hall–Kier alpha value is -4.73. The molecular formula is C38H47N5O5. The molecule has 0 fully saturated rings. The van der Waals surface area contributed by atoms with E-state index in [0.29, 0.717) is 19.3 Å². The van der Waals surface area contributed by atoms with E-state index >= 15 is 0 Å². The van der Waals surface area contributed by atoms with Crippen molar-refractivity contribution in [1.82, 2.24) is 24.8 Å². The molecular weight excluding hydrogens is 606 g/mol. The van der Waals surface area contributed by atoms with Gasteiger partial charge < -0.3 is 24.3 Å². The first-order valence-electron chi connectivity index (χ1n) is 16.6. The van der Waals surface area contributed by atoms with Crippen LogP contribution in [0.25, 0.3) is 33.2 Å². The monoisotopic (exact) mass is 653 g/mol. The van der Waals surface area contributed by atoms with Gasteiger partial charge in [-0.05, 0) is 98.2 Å². The molecule has 0 unspecified atom stereocenters. The molecule has 0 radical (unpaired) electrons. The van der Waals surface area contributed by atoms with Crippen LogP contribution in [-0.2, 0) is 35.7 Å². The number of carbonyl (C=O) groups excluding carboxylic acids is 3. The Morgan fingerprint density at radius 2 is 1.52 bits per heavy atom. The molecule has 5 rings (SSSR count). The highest BCUT2D eigenvalue weighted by Crippen LogP contribution is 2.47. The van der Waals surface area contributed by atoms with Gasteiger partial charge in [0.15, 0.2) is 0 Å². The molecule has 3 aromatic heterocycles. The van der Waals surface area contributed by atoms with Gasteiger partial charge >= 0.3 is 11.9 Å². The average Bonchev–Trinajstić information content (AvgIpc) is 3.71. The van der Waals surface area contributed by atoms with E-state index < -0.39 is 5.41 Å². The summed E-state index contributed by atoms with van der Waals surface area (Å²) < 4.78 is 9.93. The van der Waals surface area contributed by atoms with Crippen LogP contribution in [0.5, 0.6) is 0 Å². The molecule has 2 aliphatic rings. The van der Waals surface area contributed by atoms with E-state index in [-0.39, 0.29) is 36.6 Å². The number of aromatic amines is 2. The number of carbonyl (C=O) groups is 3. The molecule has 48 heavy (non-hydrogen) atoms. The van der Waals surface area contributed by atoms with Crippen molar-refractivity contribution in [2.45, 2.75) is 84.5 Å². The molecule has 254 valence electrons. The number of H-pyrrole nitrogens is 2. The third-order valence-electron chi connectivity index (χ3n) is 10.1. The minimum Gasteiger partial charge on any atom is -0.469 e. The summed E-state index contributed by atoms with van der Waals surface area (Å²) in [6, 6.07) is 10.3. The van der Waals surface area contributed by atoms with Crippen molar-refractivity contribution in [1.29, 1.82) is 0 Å². The number of ether oxygens (including phenoxy) is 2. The fourth-order valence-electron chi connectivity index (χ4n) is 7.05. The van der Waals surface area contributed by atoms with Crippen LogP contribution in [0.2, 0.25) is 0 Å². The summed E-state index contributed by atoms with van der Waals surface area (Å²) in [7, 11) is 6.38. The van der Waals surface area contributed by atoms with E-state index in [4.69, 9.17) is 19.4 Å². The molecule has 0 saturated carbocycles. The first-order chi connectivity index (χ1) is 22.8.